The van der Waals surface area contributed by atoms with Crippen molar-refractivity contribution in [3.8, 4) is 11.5 Å². The van der Waals surface area contributed by atoms with Gasteiger partial charge in [-0.1, -0.05) is 6.07 Å². The third-order valence-corrected chi connectivity index (χ3v) is 3.49. The van der Waals surface area contributed by atoms with E-state index in [-0.39, 0.29) is 12.3 Å². The first-order chi connectivity index (χ1) is 8.94. The van der Waals surface area contributed by atoms with Crippen molar-refractivity contribution < 1.29 is 19.7 Å². The van der Waals surface area contributed by atoms with Gasteiger partial charge < -0.3 is 20.7 Å². The van der Waals surface area contributed by atoms with Crippen molar-refractivity contribution in [3.63, 3.8) is 0 Å². The lowest BCUT2D eigenvalue weighted by molar-refractivity contribution is -0.142. The van der Waals surface area contributed by atoms with Crippen LogP contribution in [0, 0.1) is 0 Å². The number of nitrogens with two attached hydrogens (primary N) is 1. The summed E-state index contributed by atoms with van der Waals surface area (Å²) in [6.45, 7) is 1.37. The zero-order chi connectivity index (χ0) is 14.0. The average molecular weight is 266 g/mol. The van der Waals surface area contributed by atoms with Gasteiger partial charge in [0.15, 0.2) is 0 Å². The molecule has 1 heterocycles. The van der Waals surface area contributed by atoms with Crippen molar-refractivity contribution in [2.24, 2.45) is 5.73 Å². The molecular weight excluding hydrogens is 248 g/mol. The van der Waals surface area contributed by atoms with E-state index in [9.17, 15) is 9.90 Å². The highest BCUT2D eigenvalue weighted by Gasteiger charge is 2.41. The van der Waals surface area contributed by atoms with Crippen molar-refractivity contribution in [1.82, 2.24) is 4.90 Å². The van der Waals surface area contributed by atoms with Crippen LogP contribution in [0.25, 0.3) is 0 Å². The summed E-state index contributed by atoms with van der Waals surface area (Å²) in [5, 5.41) is 18.9. The molecule has 0 aromatic heterocycles. The average Bonchev–Trinajstić information content (AvgIpc) is 2.75. The van der Waals surface area contributed by atoms with E-state index in [0.717, 1.165) is 5.56 Å². The number of hydrogen-bond donors (Lipinski definition) is 3. The summed E-state index contributed by atoms with van der Waals surface area (Å²) < 4.78 is 5.01. The summed E-state index contributed by atoms with van der Waals surface area (Å²) in [6, 6.07) is 5.07. The summed E-state index contributed by atoms with van der Waals surface area (Å²) in [5.41, 5.74) is 5.36. The molecule has 0 spiro atoms. The quantitative estimate of drug-likeness (QED) is 0.729. The Bertz CT molecular complexity index is 492. The number of rotatable bonds is 4. The van der Waals surface area contributed by atoms with Crippen LogP contribution in [0.5, 0.6) is 11.5 Å². The lowest BCUT2D eigenvalue weighted by Crippen LogP contribution is -2.50. The Morgan fingerprint density at radius 3 is 2.84 bits per heavy atom. The van der Waals surface area contributed by atoms with E-state index in [0.29, 0.717) is 25.3 Å². The van der Waals surface area contributed by atoms with Crippen molar-refractivity contribution in [3.05, 3.63) is 23.8 Å². The molecular formula is C13H18N2O4. The highest BCUT2D eigenvalue weighted by Crippen LogP contribution is 2.27. The van der Waals surface area contributed by atoms with Crippen molar-refractivity contribution in [2.45, 2.75) is 18.5 Å². The topological polar surface area (TPSA) is 96.0 Å². The van der Waals surface area contributed by atoms with Gasteiger partial charge in [0.05, 0.1) is 7.11 Å². The number of carbonyl (C=O) groups is 1. The molecule has 1 aliphatic rings. The van der Waals surface area contributed by atoms with Crippen LogP contribution in [0.3, 0.4) is 0 Å². The van der Waals surface area contributed by atoms with Crippen LogP contribution in [0.1, 0.15) is 12.0 Å². The maximum atomic E-state index is 11.1. The van der Waals surface area contributed by atoms with Crippen LogP contribution in [0.2, 0.25) is 0 Å². The maximum absolute atomic E-state index is 11.1. The second-order valence-corrected chi connectivity index (χ2v) is 4.92. The number of hydrogen-bond acceptors (Lipinski definition) is 5. The van der Waals surface area contributed by atoms with E-state index in [1.54, 1.807) is 12.1 Å². The highest BCUT2D eigenvalue weighted by atomic mass is 16.5. The smallest absolute Gasteiger partial charge is 0.325 e. The monoisotopic (exact) mass is 266 g/mol. The number of carboxylic acids is 1. The zero-order valence-corrected chi connectivity index (χ0v) is 10.8. The van der Waals surface area contributed by atoms with Crippen LogP contribution in [-0.2, 0) is 11.3 Å². The Hall–Kier alpha value is -1.79. The number of phenolic OH excluding ortho intramolecular Hbond substituents is 1. The molecule has 4 N–H and O–H groups in total. The number of phenols is 1. The van der Waals surface area contributed by atoms with Gasteiger partial charge in [-0.3, -0.25) is 9.69 Å². The lowest BCUT2D eigenvalue weighted by Gasteiger charge is -2.20. The summed E-state index contributed by atoms with van der Waals surface area (Å²) in [5.74, 6) is -0.250. The Morgan fingerprint density at radius 2 is 2.32 bits per heavy atom. The van der Waals surface area contributed by atoms with Gasteiger partial charge in [0.25, 0.3) is 0 Å². The highest BCUT2D eigenvalue weighted by molar-refractivity contribution is 5.79. The molecule has 104 valence electrons. The number of aliphatic carboxylic acids is 1. The summed E-state index contributed by atoms with van der Waals surface area (Å²) in [6.07, 6.45) is 0.416. The molecule has 0 bridgehead atoms. The zero-order valence-electron chi connectivity index (χ0n) is 10.8. The Kier molecular flexibility index (Phi) is 3.64. The Morgan fingerprint density at radius 1 is 1.58 bits per heavy atom. The number of likely N-dealkylation sites (tertiary alicyclic amines) is 1. The van der Waals surface area contributed by atoms with Crippen LogP contribution >= 0.6 is 0 Å². The molecule has 1 atom stereocenters. The van der Waals surface area contributed by atoms with Crippen LogP contribution in [-0.4, -0.2) is 46.8 Å². The molecule has 1 aromatic rings. The van der Waals surface area contributed by atoms with Gasteiger partial charge >= 0.3 is 5.97 Å². The number of aromatic hydroxyl groups is 1. The van der Waals surface area contributed by atoms with Gasteiger partial charge in [-0.2, -0.15) is 0 Å². The maximum Gasteiger partial charge on any atom is 0.325 e. The minimum absolute atomic E-state index is 0.143. The normalized spacial score (nSPS) is 23.5. The molecule has 2 rings (SSSR count). The SMILES string of the molecule is COc1ccc(CN2CCC(N)(C(=O)O)C2)c(O)c1. The number of ether oxygens (including phenoxy) is 1. The van der Waals surface area contributed by atoms with Crippen molar-refractivity contribution in [1.29, 1.82) is 0 Å². The minimum Gasteiger partial charge on any atom is -0.507 e. The number of carboxylic acid groups (broad SMARTS) is 1. The number of benzene rings is 1. The fourth-order valence-corrected chi connectivity index (χ4v) is 2.27. The molecule has 0 saturated carbocycles. The fraction of sp³-hybridized carbons (Fsp3) is 0.462. The molecule has 19 heavy (non-hydrogen) atoms. The molecule has 0 radical (unpaired) electrons. The first kappa shape index (κ1) is 13.6. The molecule has 1 saturated heterocycles. The number of methoxy groups -OCH3 is 1. The van der Waals surface area contributed by atoms with Crippen molar-refractivity contribution in [2.75, 3.05) is 20.2 Å². The third-order valence-electron chi connectivity index (χ3n) is 3.49. The molecule has 1 unspecified atom stereocenters. The fourth-order valence-electron chi connectivity index (χ4n) is 2.27. The second-order valence-electron chi connectivity index (χ2n) is 4.92. The van der Waals surface area contributed by atoms with Crippen LogP contribution in [0.15, 0.2) is 18.2 Å². The van der Waals surface area contributed by atoms with Gasteiger partial charge in [0.2, 0.25) is 0 Å². The molecule has 1 fully saturated rings. The van der Waals surface area contributed by atoms with E-state index in [1.807, 2.05) is 4.90 Å². The predicted octanol–water partition coefficient (Wildman–Crippen LogP) is 0.389. The Balaban J connectivity index is 2.05. The first-order valence-corrected chi connectivity index (χ1v) is 6.05. The summed E-state index contributed by atoms with van der Waals surface area (Å²) >= 11 is 0. The van der Waals surface area contributed by atoms with Gasteiger partial charge in [-0.05, 0) is 12.5 Å². The van der Waals surface area contributed by atoms with E-state index in [2.05, 4.69) is 0 Å². The molecule has 0 aliphatic carbocycles. The van der Waals surface area contributed by atoms with Crippen LogP contribution < -0.4 is 10.5 Å². The van der Waals surface area contributed by atoms with E-state index < -0.39 is 11.5 Å². The largest absolute Gasteiger partial charge is 0.507 e. The standard InChI is InChI=1S/C13H18N2O4/c1-19-10-3-2-9(11(16)6-10)7-15-5-4-13(14,8-15)12(17)18/h2-3,6,16H,4-5,7-8,14H2,1H3,(H,17,18). The van der Waals surface area contributed by atoms with Gasteiger partial charge in [0, 0.05) is 31.3 Å². The summed E-state index contributed by atoms with van der Waals surface area (Å²) in [7, 11) is 1.53. The first-order valence-electron chi connectivity index (χ1n) is 6.05. The molecule has 1 aromatic carbocycles. The van der Waals surface area contributed by atoms with E-state index >= 15 is 0 Å². The van der Waals surface area contributed by atoms with Gasteiger partial charge in [-0.25, -0.2) is 0 Å². The Labute approximate surface area is 111 Å². The van der Waals surface area contributed by atoms with E-state index in [1.165, 1.54) is 13.2 Å². The van der Waals surface area contributed by atoms with Crippen molar-refractivity contribution >= 4 is 5.97 Å². The molecule has 1 aliphatic heterocycles. The third kappa shape index (κ3) is 2.80. The van der Waals surface area contributed by atoms with Crippen LogP contribution in [0.4, 0.5) is 0 Å². The molecule has 0 amide bonds. The van der Waals surface area contributed by atoms with Gasteiger partial charge in [0.1, 0.15) is 17.0 Å². The minimum atomic E-state index is -1.18. The number of nitrogens with zero attached hydrogens (tertiary/aromatic N) is 1. The second kappa shape index (κ2) is 5.07. The van der Waals surface area contributed by atoms with E-state index in [4.69, 9.17) is 15.6 Å². The molecule has 6 nitrogen and oxygen atoms in total. The van der Waals surface area contributed by atoms with Gasteiger partial charge in [-0.15, -0.1) is 0 Å². The predicted molar refractivity (Wildman–Crippen MR) is 69.1 cm³/mol. The summed E-state index contributed by atoms with van der Waals surface area (Å²) in [4.78, 5) is 13.0. The molecule has 6 heteroatoms. The lowest BCUT2D eigenvalue weighted by atomic mass is 10.0.